The smallest absolute Gasteiger partial charge is 0.135 e. The highest BCUT2D eigenvalue weighted by atomic mass is 15.3. The molecule has 0 amide bonds. The largest absolute Gasteiger partial charge is 0.317 e. The van der Waals surface area contributed by atoms with E-state index in [-0.39, 0.29) is 0 Å². The molecule has 0 aromatic carbocycles. The Balaban J connectivity index is 2.00. The first-order valence-corrected chi connectivity index (χ1v) is 7.75. The molecule has 0 unspecified atom stereocenters. The summed E-state index contributed by atoms with van der Waals surface area (Å²) in [4.78, 5) is 0. The maximum atomic E-state index is 4.39. The van der Waals surface area contributed by atoms with Crippen LogP contribution in [0.3, 0.4) is 0 Å². The molecule has 19 heavy (non-hydrogen) atoms. The molecule has 1 saturated carbocycles. The lowest BCUT2D eigenvalue weighted by molar-refractivity contribution is 0.166. The first-order valence-electron chi connectivity index (χ1n) is 7.75. The molecule has 0 spiro atoms. The lowest BCUT2D eigenvalue weighted by Gasteiger charge is -2.36. The van der Waals surface area contributed by atoms with Crippen LogP contribution in [0.25, 0.3) is 0 Å². The van der Waals surface area contributed by atoms with Crippen molar-refractivity contribution in [1.29, 1.82) is 0 Å². The molecule has 0 bridgehead atoms. The molecule has 1 aliphatic carbocycles. The van der Waals surface area contributed by atoms with Crippen molar-refractivity contribution >= 4 is 0 Å². The maximum absolute atomic E-state index is 4.39. The average Bonchev–Trinajstić information content (AvgIpc) is 2.75. The summed E-state index contributed by atoms with van der Waals surface area (Å²) in [5, 5.41) is 8.52. The molecule has 0 aliphatic heterocycles. The Hall–Kier alpha value is -0.860. The summed E-state index contributed by atoms with van der Waals surface area (Å²) in [5.41, 5.74) is 0.455. The van der Waals surface area contributed by atoms with E-state index in [1.54, 1.807) is 0 Å². The molecule has 3 nitrogen and oxygen atoms in total. The third-order valence-corrected chi connectivity index (χ3v) is 4.52. The summed E-state index contributed by atoms with van der Waals surface area (Å²) in [6, 6.07) is 0. The lowest BCUT2D eigenvalue weighted by atomic mass is 9.69. The highest BCUT2D eigenvalue weighted by Crippen LogP contribution is 2.42. The third-order valence-electron chi connectivity index (χ3n) is 4.52. The third kappa shape index (κ3) is 3.58. The second-order valence-electron chi connectivity index (χ2n) is 7.65. The molecule has 1 aromatic heterocycles. The summed E-state index contributed by atoms with van der Waals surface area (Å²) in [5.74, 6) is 3.37. The van der Waals surface area contributed by atoms with Gasteiger partial charge in [-0.25, -0.2) is 0 Å². The summed E-state index contributed by atoms with van der Waals surface area (Å²) in [7, 11) is 0. The Labute approximate surface area is 117 Å². The van der Waals surface area contributed by atoms with E-state index in [1.807, 2.05) is 6.33 Å². The number of hydrogen-bond acceptors (Lipinski definition) is 2. The van der Waals surface area contributed by atoms with E-state index in [2.05, 4.69) is 49.4 Å². The normalized spacial score (nSPS) is 24.9. The van der Waals surface area contributed by atoms with Gasteiger partial charge in [0.2, 0.25) is 0 Å². The van der Waals surface area contributed by atoms with Gasteiger partial charge in [0, 0.05) is 12.5 Å². The molecular formula is C16H29N3. The standard InChI is InChI=1S/C16H29N3/c1-12(2)10-19-11-17-18-15(19)13-6-8-14(9-7-13)16(3,4)5/h11-14H,6-10H2,1-5H3. The summed E-state index contributed by atoms with van der Waals surface area (Å²) < 4.78 is 2.27. The predicted molar refractivity (Wildman–Crippen MR) is 79.0 cm³/mol. The summed E-state index contributed by atoms with van der Waals surface area (Å²) in [6.45, 7) is 12.7. The second-order valence-corrected chi connectivity index (χ2v) is 7.65. The average molecular weight is 263 g/mol. The molecule has 1 aromatic rings. The second kappa shape index (κ2) is 5.64. The maximum Gasteiger partial charge on any atom is 0.135 e. The fourth-order valence-electron chi connectivity index (χ4n) is 3.33. The molecule has 3 heteroatoms. The van der Waals surface area contributed by atoms with E-state index >= 15 is 0 Å². The monoisotopic (exact) mass is 263 g/mol. The van der Waals surface area contributed by atoms with Crippen LogP contribution in [-0.2, 0) is 6.54 Å². The van der Waals surface area contributed by atoms with Gasteiger partial charge < -0.3 is 4.57 Å². The van der Waals surface area contributed by atoms with Gasteiger partial charge in [0.1, 0.15) is 12.2 Å². The van der Waals surface area contributed by atoms with Gasteiger partial charge in [-0.15, -0.1) is 10.2 Å². The minimum absolute atomic E-state index is 0.455. The number of aromatic nitrogens is 3. The van der Waals surface area contributed by atoms with Gasteiger partial charge in [-0.1, -0.05) is 34.6 Å². The quantitative estimate of drug-likeness (QED) is 0.816. The molecule has 1 fully saturated rings. The molecule has 0 N–H and O–H groups in total. The predicted octanol–water partition coefficient (Wildman–Crippen LogP) is 4.25. The molecule has 108 valence electrons. The molecule has 0 atom stereocenters. The van der Waals surface area contributed by atoms with Crippen LogP contribution in [0.5, 0.6) is 0 Å². The lowest BCUT2D eigenvalue weighted by Crippen LogP contribution is -2.26. The summed E-state index contributed by atoms with van der Waals surface area (Å²) in [6.07, 6.45) is 7.13. The van der Waals surface area contributed by atoms with Gasteiger partial charge in [0.05, 0.1) is 0 Å². The minimum atomic E-state index is 0.455. The first-order chi connectivity index (χ1) is 8.88. The SMILES string of the molecule is CC(C)Cn1cnnc1C1CCC(C(C)(C)C)CC1. The molecule has 0 saturated heterocycles. The van der Waals surface area contributed by atoms with Gasteiger partial charge in [-0.2, -0.15) is 0 Å². The van der Waals surface area contributed by atoms with Crippen LogP contribution < -0.4 is 0 Å². The van der Waals surface area contributed by atoms with Crippen molar-refractivity contribution in [2.75, 3.05) is 0 Å². The van der Waals surface area contributed by atoms with E-state index in [4.69, 9.17) is 0 Å². The van der Waals surface area contributed by atoms with Crippen LogP contribution in [0.15, 0.2) is 6.33 Å². The Morgan fingerprint density at radius 1 is 1.21 bits per heavy atom. The van der Waals surface area contributed by atoms with E-state index in [0.29, 0.717) is 17.3 Å². The fourth-order valence-corrected chi connectivity index (χ4v) is 3.33. The zero-order chi connectivity index (χ0) is 14.0. The number of rotatable bonds is 3. The zero-order valence-electron chi connectivity index (χ0n) is 13.2. The van der Waals surface area contributed by atoms with E-state index < -0.39 is 0 Å². The Morgan fingerprint density at radius 2 is 1.84 bits per heavy atom. The van der Waals surface area contributed by atoms with Crippen molar-refractivity contribution in [3.8, 4) is 0 Å². The zero-order valence-corrected chi connectivity index (χ0v) is 13.2. The van der Waals surface area contributed by atoms with Crippen molar-refractivity contribution in [1.82, 2.24) is 14.8 Å². The Morgan fingerprint density at radius 3 is 2.37 bits per heavy atom. The van der Waals surface area contributed by atoms with Crippen molar-refractivity contribution in [2.24, 2.45) is 17.3 Å². The van der Waals surface area contributed by atoms with Crippen molar-refractivity contribution in [2.45, 2.75) is 72.8 Å². The van der Waals surface area contributed by atoms with Crippen LogP contribution in [0.4, 0.5) is 0 Å². The van der Waals surface area contributed by atoms with Crippen LogP contribution in [-0.4, -0.2) is 14.8 Å². The van der Waals surface area contributed by atoms with Gasteiger partial charge in [0.25, 0.3) is 0 Å². The van der Waals surface area contributed by atoms with E-state index in [0.717, 1.165) is 12.5 Å². The van der Waals surface area contributed by atoms with E-state index in [1.165, 1.54) is 31.5 Å². The topological polar surface area (TPSA) is 30.7 Å². The molecular weight excluding hydrogens is 234 g/mol. The Bertz CT molecular complexity index is 392. The van der Waals surface area contributed by atoms with Crippen molar-refractivity contribution in [3.63, 3.8) is 0 Å². The van der Waals surface area contributed by atoms with Gasteiger partial charge >= 0.3 is 0 Å². The summed E-state index contributed by atoms with van der Waals surface area (Å²) >= 11 is 0. The fraction of sp³-hybridized carbons (Fsp3) is 0.875. The van der Waals surface area contributed by atoms with Gasteiger partial charge in [-0.3, -0.25) is 0 Å². The van der Waals surface area contributed by atoms with Crippen molar-refractivity contribution < 1.29 is 0 Å². The van der Waals surface area contributed by atoms with E-state index in [9.17, 15) is 0 Å². The molecule has 1 heterocycles. The molecule has 0 radical (unpaired) electrons. The molecule has 1 aliphatic rings. The number of nitrogens with zero attached hydrogens (tertiary/aromatic N) is 3. The van der Waals surface area contributed by atoms with Gasteiger partial charge in [-0.05, 0) is 42.9 Å². The van der Waals surface area contributed by atoms with Crippen molar-refractivity contribution in [3.05, 3.63) is 12.2 Å². The van der Waals surface area contributed by atoms with Crippen LogP contribution in [0, 0.1) is 17.3 Å². The Kier molecular flexibility index (Phi) is 4.32. The highest BCUT2D eigenvalue weighted by Gasteiger charge is 2.31. The van der Waals surface area contributed by atoms with Crippen LogP contribution in [0.2, 0.25) is 0 Å². The number of hydrogen-bond donors (Lipinski definition) is 0. The highest BCUT2D eigenvalue weighted by molar-refractivity contribution is 4.99. The van der Waals surface area contributed by atoms with Crippen LogP contribution >= 0.6 is 0 Å². The van der Waals surface area contributed by atoms with Crippen LogP contribution in [0.1, 0.15) is 72.0 Å². The first kappa shape index (κ1) is 14.5. The van der Waals surface area contributed by atoms with Gasteiger partial charge in [0.15, 0.2) is 0 Å². The molecule has 2 rings (SSSR count). The minimum Gasteiger partial charge on any atom is -0.317 e.